The SMILES string of the molecule is Cc1cc(-c2ccc(CS(=O)O)cc2)c(CCC(C)(C)O)c(=O)o1. The molecule has 0 radical (unpaired) electrons. The van der Waals surface area contributed by atoms with Crippen LogP contribution in [0.15, 0.2) is 39.5 Å². The Morgan fingerprint density at radius 1 is 1.21 bits per heavy atom. The van der Waals surface area contributed by atoms with E-state index in [0.717, 1.165) is 16.7 Å². The monoisotopic (exact) mass is 350 g/mol. The van der Waals surface area contributed by atoms with Gasteiger partial charge >= 0.3 is 5.63 Å². The van der Waals surface area contributed by atoms with Crippen LogP contribution in [0.5, 0.6) is 0 Å². The van der Waals surface area contributed by atoms with Crippen molar-refractivity contribution in [2.45, 2.75) is 45.0 Å². The van der Waals surface area contributed by atoms with Crippen LogP contribution in [0.25, 0.3) is 11.1 Å². The Balaban J connectivity index is 2.41. The zero-order valence-electron chi connectivity index (χ0n) is 14.0. The fourth-order valence-corrected chi connectivity index (χ4v) is 2.96. The summed E-state index contributed by atoms with van der Waals surface area (Å²) in [4.78, 5) is 12.2. The average Bonchev–Trinajstić information content (AvgIpc) is 2.44. The van der Waals surface area contributed by atoms with Crippen LogP contribution in [-0.2, 0) is 23.3 Å². The predicted molar refractivity (Wildman–Crippen MR) is 94.2 cm³/mol. The highest BCUT2D eigenvalue weighted by atomic mass is 32.2. The normalized spacial score (nSPS) is 13.0. The van der Waals surface area contributed by atoms with Gasteiger partial charge in [0.25, 0.3) is 0 Å². The first-order valence-electron chi connectivity index (χ1n) is 7.68. The van der Waals surface area contributed by atoms with Gasteiger partial charge in [-0.05, 0) is 56.4 Å². The van der Waals surface area contributed by atoms with Crippen LogP contribution < -0.4 is 5.63 Å². The molecular weight excluding hydrogens is 328 g/mol. The maximum Gasteiger partial charge on any atom is 0.339 e. The summed E-state index contributed by atoms with van der Waals surface area (Å²) in [7, 11) is 0. The zero-order valence-corrected chi connectivity index (χ0v) is 14.9. The van der Waals surface area contributed by atoms with Gasteiger partial charge in [-0.3, -0.25) is 0 Å². The zero-order chi connectivity index (χ0) is 17.9. The Bertz CT molecular complexity index is 785. The van der Waals surface area contributed by atoms with E-state index in [9.17, 15) is 14.1 Å². The minimum atomic E-state index is -1.89. The molecule has 24 heavy (non-hydrogen) atoms. The first kappa shape index (κ1) is 18.6. The Kier molecular flexibility index (Phi) is 5.74. The summed E-state index contributed by atoms with van der Waals surface area (Å²) in [5.74, 6) is 0.587. The second kappa shape index (κ2) is 7.42. The van der Waals surface area contributed by atoms with Crippen molar-refractivity contribution in [3.63, 3.8) is 0 Å². The van der Waals surface area contributed by atoms with Gasteiger partial charge in [0.05, 0.1) is 11.4 Å². The largest absolute Gasteiger partial charge is 0.428 e. The van der Waals surface area contributed by atoms with Crippen molar-refractivity contribution in [2.24, 2.45) is 0 Å². The molecule has 2 aromatic rings. The van der Waals surface area contributed by atoms with Crippen LogP contribution in [0.4, 0.5) is 0 Å². The molecule has 130 valence electrons. The van der Waals surface area contributed by atoms with Crippen LogP contribution in [0.1, 0.15) is 37.2 Å². The molecule has 0 fully saturated rings. The third-order valence-corrected chi connectivity index (χ3v) is 4.29. The molecule has 0 spiro atoms. The third kappa shape index (κ3) is 5.12. The van der Waals surface area contributed by atoms with Gasteiger partial charge in [0.15, 0.2) is 11.1 Å². The van der Waals surface area contributed by atoms with E-state index in [-0.39, 0.29) is 5.75 Å². The van der Waals surface area contributed by atoms with E-state index in [1.807, 2.05) is 12.1 Å². The van der Waals surface area contributed by atoms with Gasteiger partial charge in [-0.15, -0.1) is 0 Å². The van der Waals surface area contributed by atoms with E-state index in [1.54, 1.807) is 39.0 Å². The lowest BCUT2D eigenvalue weighted by atomic mass is 9.93. The van der Waals surface area contributed by atoms with Crippen molar-refractivity contribution in [2.75, 3.05) is 0 Å². The highest BCUT2D eigenvalue weighted by Crippen LogP contribution is 2.26. The van der Waals surface area contributed by atoms with Crippen molar-refractivity contribution in [1.29, 1.82) is 0 Å². The Hall–Kier alpha value is -1.76. The topological polar surface area (TPSA) is 87.7 Å². The van der Waals surface area contributed by atoms with E-state index in [0.29, 0.717) is 24.2 Å². The van der Waals surface area contributed by atoms with E-state index in [1.165, 1.54) is 0 Å². The lowest BCUT2D eigenvalue weighted by Crippen LogP contribution is -2.21. The predicted octanol–water partition coefficient (Wildman–Crippen LogP) is 3.04. The van der Waals surface area contributed by atoms with Gasteiger partial charge < -0.3 is 14.1 Å². The third-order valence-electron chi connectivity index (χ3n) is 3.71. The molecule has 1 unspecified atom stereocenters. The van der Waals surface area contributed by atoms with E-state index >= 15 is 0 Å². The van der Waals surface area contributed by atoms with Gasteiger partial charge in [0.2, 0.25) is 0 Å². The van der Waals surface area contributed by atoms with Gasteiger partial charge in [-0.25, -0.2) is 9.00 Å². The molecule has 5 nitrogen and oxygen atoms in total. The second-order valence-corrected chi connectivity index (χ2v) is 7.44. The lowest BCUT2D eigenvalue weighted by molar-refractivity contribution is 0.0712. The van der Waals surface area contributed by atoms with Gasteiger partial charge in [-0.1, -0.05) is 24.3 Å². The fraction of sp³-hybridized carbons (Fsp3) is 0.389. The number of rotatable bonds is 6. The molecule has 2 N–H and O–H groups in total. The molecular formula is C18H22O5S. The molecule has 0 amide bonds. The highest BCUT2D eigenvalue weighted by Gasteiger charge is 2.18. The van der Waals surface area contributed by atoms with Crippen LogP contribution in [0.3, 0.4) is 0 Å². The molecule has 2 rings (SSSR count). The highest BCUT2D eigenvalue weighted by molar-refractivity contribution is 7.78. The minimum absolute atomic E-state index is 0.0712. The summed E-state index contributed by atoms with van der Waals surface area (Å²) in [6, 6.07) is 8.99. The van der Waals surface area contributed by atoms with E-state index in [2.05, 4.69) is 0 Å². The summed E-state index contributed by atoms with van der Waals surface area (Å²) < 4.78 is 25.0. The van der Waals surface area contributed by atoms with Crippen LogP contribution >= 0.6 is 0 Å². The number of aliphatic hydroxyl groups is 1. The number of hydrogen-bond acceptors (Lipinski definition) is 4. The molecule has 1 aromatic heterocycles. The smallest absolute Gasteiger partial charge is 0.339 e. The lowest BCUT2D eigenvalue weighted by Gasteiger charge is -2.17. The number of hydrogen-bond donors (Lipinski definition) is 2. The van der Waals surface area contributed by atoms with E-state index < -0.39 is 22.3 Å². The van der Waals surface area contributed by atoms with Crippen molar-refractivity contribution in [3.8, 4) is 11.1 Å². The summed E-state index contributed by atoms with van der Waals surface area (Å²) in [5.41, 5.74) is 1.62. The molecule has 6 heteroatoms. The van der Waals surface area contributed by atoms with Gasteiger partial charge in [0, 0.05) is 5.56 Å². The molecule has 1 heterocycles. The van der Waals surface area contributed by atoms with Crippen LogP contribution in [0, 0.1) is 6.92 Å². The van der Waals surface area contributed by atoms with E-state index in [4.69, 9.17) is 8.97 Å². The quantitative estimate of drug-likeness (QED) is 0.782. The maximum atomic E-state index is 12.2. The number of aryl methyl sites for hydroxylation is 1. The molecule has 0 saturated heterocycles. The first-order valence-corrected chi connectivity index (χ1v) is 8.96. The van der Waals surface area contributed by atoms with Crippen LogP contribution in [0.2, 0.25) is 0 Å². The molecule has 1 aromatic carbocycles. The van der Waals surface area contributed by atoms with Crippen molar-refractivity contribution >= 4 is 11.1 Å². The fourth-order valence-electron chi connectivity index (χ4n) is 2.49. The second-order valence-electron chi connectivity index (χ2n) is 6.51. The first-order chi connectivity index (χ1) is 11.2. The Morgan fingerprint density at radius 2 is 1.83 bits per heavy atom. The van der Waals surface area contributed by atoms with Crippen molar-refractivity contribution in [3.05, 3.63) is 57.6 Å². The Labute approximate surface area is 143 Å². The number of benzene rings is 1. The van der Waals surface area contributed by atoms with Gasteiger partial charge in [0.1, 0.15) is 5.76 Å². The summed E-state index contributed by atoms with van der Waals surface area (Å²) in [5, 5.41) is 9.92. The van der Waals surface area contributed by atoms with Crippen molar-refractivity contribution < 1.29 is 18.3 Å². The molecule has 0 aliphatic carbocycles. The summed E-state index contributed by atoms with van der Waals surface area (Å²) in [6.07, 6.45) is 0.846. The minimum Gasteiger partial charge on any atom is -0.428 e. The van der Waals surface area contributed by atoms with Gasteiger partial charge in [-0.2, -0.15) is 0 Å². The van der Waals surface area contributed by atoms with Crippen LogP contribution in [-0.4, -0.2) is 19.5 Å². The summed E-state index contributed by atoms with van der Waals surface area (Å²) >= 11 is -1.89. The molecule has 0 aliphatic heterocycles. The average molecular weight is 350 g/mol. The molecule has 0 aliphatic rings. The Morgan fingerprint density at radius 3 is 2.38 bits per heavy atom. The molecule has 1 atom stereocenters. The molecule has 0 saturated carbocycles. The van der Waals surface area contributed by atoms with Crippen molar-refractivity contribution in [1.82, 2.24) is 0 Å². The summed E-state index contributed by atoms with van der Waals surface area (Å²) in [6.45, 7) is 5.12. The standard InChI is InChI=1S/C18H22O5S/c1-12-10-16(14-6-4-13(5-7-14)11-24(21)22)15(17(19)23-12)8-9-18(2,3)20/h4-7,10,20H,8-9,11H2,1-3H3,(H,21,22). The molecule has 0 bridgehead atoms. The maximum absolute atomic E-state index is 12.2.